The predicted molar refractivity (Wildman–Crippen MR) is 119 cm³/mol. The second-order valence-electron chi connectivity index (χ2n) is 7.13. The molecule has 1 aliphatic rings. The highest BCUT2D eigenvalue weighted by molar-refractivity contribution is 7.89. The van der Waals surface area contributed by atoms with Gasteiger partial charge >= 0.3 is 0 Å². The minimum absolute atomic E-state index is 0.0513. The number of nitrogens with zero attached hydrogens (tertiary/aromatic N) is 2. The highest BCUT2D eigenvalue weighted by Gasteiger charge is 2.26. The molecule has 0 radical (unpaired) electrons. The molecule has 0 saturated carbocycles. The lowest BCUT2D eigenvalue weighted by molar-refractivity contribution is -0.122. The second kappa shape index (κ2) is 10.1. The molecule has 1 saturated heterocycles. The Morgan fingerprint density at radius 2 is 1.80 bits per heavy atom. The molecule has 0 atom stereocenters. The first-order valence-corrected chi connectivity index (χ1v) is 11.8. The van der Waals surface area contributed by atoms with Gasteiger partial charge in [0.15, 0.2) is 6.61 Å². The summed E-state index contributed by atoms with van der Waals surface area (Å²) in [6, 6.07) is 14.9. The number of benzene rings is 2. The van der Waals surface area contributed by atoms with Gasteiger partial charge in [-0.25, -0.2) is 8.42 Å². The molecule has 2 aromatic carbocycles. The number of rotatable bonds is 8. The molecule has 1 aliphatic heterocycles. The molecular formula is C21H26ClN3O4S. The quantitative estimate of drug-likeness (QED) is 0.666. The zero-order chi connectivity index (χ0) is 21.6. The van der Waals surface area contributed by atoms with Crippen molar-refractivity contribution >= 4 is 33.2 Å². The second-order valence-corrected chi connectivity index (χ2v) is 9.66. The van der Waals surface area contributed by atoms with Crippen LogP contribution in [0.25, 0.3) is 0 Å². The van der Waals surface area contributed by atoms with Gasteiger partial charge in [-0.05, 0) is 48.9 Å². The lowest BCUT2D eigenvalue weighted by Crippen LogP contribution is -2.50. The highest BCUT2D eigenvalue weighted by Crippen LogP contribution is 2.20. The minimum Gasteiger partial charge on any atom is -0.484 e. The van der Waals surface area contributed by atoms with Crippen LogP contribution < -0.4 is 15.0 Å². The van der Waals surface area contributed by atoms with Crippen LogP contribution in [0.3, 0.4) is 0 Å². The average molecular weight is 452 g/mol. The van der Waals surface area contributed by atoms with Gasteiger partial charge in [-0.15, -0.1) is 0 Å². The molecule has 30 heavy (non-hydrogen) atoms. The summed E-state index contributed by atoms with van der Waals surface area (Å²) in [5.74, 6) is 0.125. The zero-order valence-corrected chi connectivity index (χ0v) is 18.5. The summed E-state index contributed by atoms with van der Waals surface area (Å²) in [5.41, 5.74) is 2.06. The van der Waals surface area contributed by atoms with Gasteiger partial charge in [0.1, 0.15) is 5.75 Å². The molecule has 1 amide bonds. The Balaban J connectivity index is 1.40. The van der Waals surface area contributed by atoms with E-state index < -0.39 is 10.0 Å². The molecule has 0 unspecified atom stereocenters. The number of aryl methyl sites for hydroxylation is 1. The molecule has 1 fully saturated rings. The molecule has 1 N–H and O–H groups in total. The van der Waals surface area contributed by atoms with Gasteiger partial charge in [0, 0.05) is 43.4 Å². The van der Waals surface area contributed by atoms with Crippen molar-refractivity contribution in [3.05, 3.63) is 59.1 Å². The zero-order valence-electron chi connectivity index (χ0n) is 16.9. The fraction of sp³-hybridized carbons (Fsp3) is 0.381. The van der Waals surface area contributed by atoms with Gasteiger partial charge in [-0.3, -0.25) is 4.79 Å². The third-order valence-electron chi connectivity index (χ3n) is 4.87. The van der Waals surface area contributed by atoms with Crippen LogP contribution in [-0.2, 0) is 14.8 Å². The van der Waals surface area contributed by atoms with Crippen molar-refractivity contribution in [2.45, 2.75) is 6.92 Å². The van der Waals surface area contributed by atoms with Crippen molar-refractivity contribution in [1.29, 1.82) is 0 Å². The summed E-state index contributed by atoms with van der Waals surface area (Å²) in [6.45, 7) is 3.88. The lowest BCUT2D eigenvalue weighted by Gasteiger charge is -2.35. The Labute approximate surface area is 182 Å². The highest BCUT2D eigenvalue weighted by atomic mass is 35.5. The van der Waals surface area contributed by atoms with Crippen molar-refractivity contribution in [2.75, 3.05) is 50.0 Å². The number of carbonyl (C=O) groups excluding carboxylic acids is 1. The van der Waals surface area contributed by atoms with Crippen LogP contribution in [0.2, 0.25) is 5.02 Å². The van der Waals surface area contributed by atoms with E-state index in [1.807, 2.05) is 49.4 Å². The summed E-state index contributed by atoms with van der Waals surface area (Å²) in [7, 11) is -3.43. The number of piperazine rings is 1. The summed E-state index contributed by atoms with van der Waals surface area (Å²) >= 11 is 5.92. The van der Waals surface area contributed by atoms with E-state index in [4.69, 9.17) is 16.3 Å². The van der Waals surface area contributed by atoms with Crippen LogP contribution in [0.5, 0.6) is 5.75 Å². The van der Waals surface area contributed by atoms with Gasteiger partial charge in [0.25, 0.3) is 5.91 Å². The van der Waals surface area contributed by atoms with Crippen molar-refractivity contribution in [1.82, 2.24) is 9.62 Å². The Bertz CT molecular complexity index is 958. The molecule has 9 heteroatoms. The van der Waals surface area contributed by atoms with E-state index in [1.165, 1.54) is 4.31 Å². The first kappa shape index (κ1) is 22.4. The average Bonchev–Trinajstić information content (AvgIpc) is 2.73. The molecule has 7 nitrogen and oxygen atoms in total. The first-order chi connectivity index (χ1) is 14.3. The first-order valence-electron chi connectivity index (χ1n) is 9.78. The van der Waals surface area contributed by atoms with Crippen LogP contribution in [0, 0.1) is 6.92 Å². The molecule has 0 aliphatic carbocycles. The molecule has 162 valence electrons. The number of carbonyl (C=O) groups is 1. The van der Waals surface area contributed by atoms with Gasteiger partial charge in [0.05, 0.1) is 5.75 Å². The van der Waals surface area contributed by atoms with E-state index >= 15 is 0 Å². The molecule has 0 bridgehead atoms. The maximum Gasteiger partial charge on any atom is 0.257 e. The summed E-state index contributed by atoms with van der Waals surface area (Å²) in [4.78, 5) is 14.1. The van der Waals surface area contributed by atoms with Gasteiger partial charge in [-0.2, -0.15) is 4.31 Å². The summed E-state index contributed by atoms with van der Waals surface area (Å²) in [5, 5.41) is 3.28. The van der Waals surface area contributed by atoms with E-state index in [0.29, 0.717) is 37.0 Å². The van der Waals surface area contributed by atoms with Crippen molar-refractivity contribution in [3.8, 4) is 5.75 Å². The van der Waals surface area contributed by atoms with Gasteiger partial charge in [-0.1, -0.05) is 23.7 Å². The molecule has 0 aromatic heterocycles. The number of halogens is 1. The fourth-order valence-corrected chi connectivity index (χ4v) is 4.69. The van der Waals surface area contributed by atoms with E-state index in [-0.39, 0.29) is 24.8 Å². The maximum absolute atomic E-state index is 12.6. The molecule has 2 aromatic rings. The van der Waals surface area contributed by atoms with Crippen LogP contribution in [0.4, 0.5) is 5.69 Å². The van der Waals surface area contributed by atoms with Crippen molar-refractivity contribution in [3.63, 3.8) is 0 Å². The SMILES string of the molecule is Cc1cccc(OCC(=O)NCCS(=O)(=O)N2CCN(c3ccc(Cl)cc3)CC2)c1. The lowest BCUT2D eigenvalue weighted by atomic mass is 10.2. The number of nitrogens with one attached hydrogen (secondary N) is 1. The number of hydrogen-bond donors (Lipinski definition) is 1. The predicted octanol–water partition coefficient (Wildman–Crippen LogP) is 2.30. The summed E-state index contributed by atoms with van der Waals surface area (Å²) in [6.07, 6.45) is 0. The third kappa shape index (κ3) is 6.35. The Morgan fingerprint density at radius 1 is 1.10 bits per heavy atom. The Hall–Kier alpha value is -2.29. The maximum atomic E-state index is 12.6. The van der Waals surface area contributed by atoms with Crippen LogP contribution in [-0.4, -0.2) is 63.7 Å². The smallest absolute Gasteiger partial charge is 0.257 e. The van der Waals surface area contributed by atoms with E-state index in [9.17, 15) is 13.2 Å². The van der Waals surface area contributed by atoms with Crippen molar-refractivity contribution in [2.24, 2.45) is 0 Å². The fourth-order valence-electron chi connectivity index (χ4n) is 3.23. The normalized spacial score (nSPS) is 15.1. The number of ether oxygens (including phenoxy) is 1. The summed E-state index contributed by atoms with van der Waals surface area (Å²) < 4.78 is 32.1. The standard InChI is InChI=1S/C21H26ClN3O4S/c1-17-3-2-4-20(15-17)29-16-21(26)23-9-14-30(27,28)25-12-10-24(11-13-25)19-7-5-18(22)6-8-19/h2-8,15H,9-14,16H2,1H3,(H,23,26). The van der Waals surface area contributed by atoms with E-state index in [2.05, 4.69) is 10.2 Å². The molecule has 1 heterocycles. The number of amides is 1. The molecular weight excluding hydrogens is 426 g/mol. The van der Waals surface area contributed by atoms with Gasteiger partial charge in [0.2, 0.25) is 10.0 Å². The monoisotopic (exact) mass is 451 g/mol. The topological polar surface area (TPSA) is 78.9 Å². The van der Waals surface area contributed by atoms with Gasteiger partial charge < -0.3 is 15.0 Å². The van der Waals surface area contributed by atoms with E-state index in [0.717, 1.165) is 11.3 Å². The molecule has 0 spiro atoms. The Kier molecular flexibility index (Phi) is 7.58. The minimum atomic E-state index is -3.43. The van der Waals surface area contributed by atoms with Crippen LogP contribution in [0.15, 0.2) is 48.5 Å². The van der Waals surface area contributed by atoms with Crippen LogP contribution >= 0.6 is 11.6 Å². The Morgan fingerprint density at radius 3 is 2.47 bits per heavy atom. The number of anilines is 1. The third-order valence-corrected chi connectivity index (χ3v) is 6.99. The largest absolute Gasteiger partial charge is 0.484 e. The number of sulfonamides is 1. The van der Waals surface area contributed by atoms with Crippen LogP contribution in [0.1, 0.15) is 5.56 Å². The van der Waals surface area contributed by atoms with E-state index in [1.54, 1.807) is 6.07 Å². The number of hydrogen-bond acceptors (Lipinski definition) is 5. The molecule has 3 rings (SSSR count). The van der Waals surface area contributed by atoms with Crippen molar-refractivity contribution < 1.29 is 17.9 Å².